The van der Waals surface area contributed by atoms with Crippen molar-refractivity contribution < 1.29 is 34.8 Å². The molecule has 178 valence electrons. The number of hydrogen-bond acceptors (Lipinski definition) is 5. The Morgan fingerprint density at radius 1 is 0.853 bits per heavy atom. The third-order valence-corrected chi connectivity index (χ3v) is 6.70. The van der Waals surface area contributed by atoms with Crippen LogP contribution in [0.1, 0.15) is 18.2 Å². The van der Waals surface area contributed by atoms with E-state index in [1.165, 1.54) is 43.5 Å². The highest BCUT2D eigenvalue weighted by Gasteiger charge is 2.34. The fourth-order valence-corrected chi connectivity index (χ4v) is 4.21. The third kappa shape index (κ3) is 4.47. The van der Waals surface area contributed by atoms with Crippen molar-refractivity contribution in [3.05, 3.63) is 66.0 Å². The summed E-state index contributed by atoms with van der Waals surface area (Å²) in [5.41, 5.74) is -1.98. The Morgan fingerprint density at radius 3 is 2.12 bits per heavy atom. The number of benzene rings is 1. The van der Waals surface area contributed by atoms with E-state index < -0.39 is 33.4 Å². The van der Waals surface area contributed by atoms with Crippen LogP contribution in [-0.2, 0) is 22.2 Å². The highest BCUT2D eigenvalue weighted by atomic mass is 32.2. The lowest BCUT2D eigenvalue weighted by molar-refractivity contribution is -0.141. The third-order valence-electron chi connectivity index (χ3n) is 4.94. The van der Waals surface area contributed by atoms with E-state index in [-0.39, 0.29) is 38.9 Å². The van der Waals surface area contributed by atoms with Crippen molar-refractivity contribution in [2.45, 2.75) is 24.2 Å². The Bertz CT molecular complexity index is 1480. The van der Waals surface area contributed by atoms with Gasteiger partial charge in [0.2, 0.25) is 0 Å². The Labute approximate surface area is 188 Å². The van der Waals surface area contributed by atoms with Crippen LogP contribution in [0.5, 0.6) is 0 Å². The van der Waals surface area contributed by atoms with Gasteiger partial charge in [0.25, 0.3) is 0 Å². The van der Waals surface area contributed by atoms with Crippen molar-refractivity contribution in [1.82, 2.24) is 19.6 Å². The van der Waals surface area contributed by atoms with Crippen LogP contribution in [-0.4, -0.2) is 33.8 Å². The molecule has 0 radical (unpaired) electrons. The SMILES string of the molecule is CCS(=O)(=O)c1ccc(-c2ccc(C(F)(F)F)cc2)nc1-c1ccn2nc(C(F)(F)F)cc2n1. The molecule has 3 aromatic heterocycles. The maximum absolute atomic E-state index is 13.0. The van der Waals surface area contributed by atoms with E-state index in [9.17, 15) is 34.8 Å². The summed E-state index contributed by atoms with van der Waals surface area (Å²) >= 11 is 0. The average molecular weight is 500 g/mol. The summed E-state index contributed by atoms with van der Waals surface area (Å²) in [6, 6.07) is 8.65. The second-order valence-corrected chi connectivity index (χ2v) is 9.41. The minimum absolute atomic E-state index is 0.0399. The minimum atomic E-state index is -4.70. The molecule has 6 nitrogen and oxygen atoms in total. The predicted molar refractivity (Wildman–Crippen MR) is 109 cm³/mol. The molecule has 0 aliphatic rings. The molecule has 0 saturated heterocycles. The van der Waals surface area contributed by atoms with E-state index in [1.807, 2.05) is 0 Å². The van der Waals surface area contributed by atoms with E-state index in [1.54, 1.807) is 0 Å². The normalized spacial score (nSPS) is 12.9. The number of sulfone groups is 1. The molecule has 1 aromatic carbocycles. The zero-order valence-corrected chi connectivity index (χ0v) is 18.0. The molecular formula is C21H14F6N4O2S. The Hall–Kier alpha value is -3.48. The van der Waals surface area contributed by atoms with Gasteiger partial charge in [0, 0.05) is 17.8 Å². The summed E-state index contributed by atoms with van der Waals surface area (Å²) in [5.74, 6) is -0.283. The number of pyridine rings is 1. The van der Waals surface area contributed by atoms with Gasteiger partial charge >= 0.3 is 12.4 Å². The average Bonchev–Trinajstić information content (AvgIpc) is 3.22. The number of rotatable bonds is 4. The van der Waals surface area contributed by atoms with Gasteiger partial charge in [0.1, 0.15) is 5.69 Å². The van der Waals surface area contributed by atoms with Gasteiger partial charge in [-0.15, -0.1) is 0 Å². The highest BCUT2D eigenvalue weighted by molar-refractivity contribution is 7.91. The molecule has 0 aliphatic heterocycles. The zero-order valence-electron chi connectivity index (χ0n) is 17.2. The second-order valence-electron chi connectivity index (χ2n) is 7.16. The first kappa shape index (κ1) is 23.7. The summed E-state index contributed by atoms with van der Waals surface area (Å²) in [4.78, 5) is 8.19. The molecule has 3 heterocycles. The number of halogens is 6. The number of hydrogen-bond donors (Lipinski definition) is 0. The fraction of sp³-hybridized carbons (Fsp3) is 0.190. The second kappa shape index (κ2) is 8.08. The summed E-state index contributed by atoms with van der Waals surface area (Å²) in [7, 11) is -3.83. The lowest BCUT2D eigenvalue weighted by Gasteiger charge is -2.12. The van der Waals surface area contributed by atoms with Crippen LogP contribution >= 0.6 is 0 Å². The van der Waals surface area contributed by atoms with Crippen LogP contribution in [0.3, 0.4) is 0 Å². The van der Waals surface area contributed by atoms with Crippen LogP contribution in [0.25, 0.3) is 28.3 Å². The van der Waals surface area contributed by atoms with Crippen LogP contribution in [0, 0.1) is 0 Å². The lowest BCUT2D eigenvalue weighted by atomic mass is 10.1. The van der Waals surface area contributed by atoms with Crippen molar-refractivity contribution in [2.75, 3.05) is 5.75 Å². The van der Waals surface area contributed by atoms with Crippen molar-refractivity contribution in [3.63, 3.8) is 0 Å². The molecule has 4 aromatic rings. The standard InChI is InChI=1S/C21H14F6N4O2S/c1-2-34(32,33)16-8-7-14(12-3-5-13(6-4-12)20(22,23)24)29-19(16)15-9-10-31-18(28-15)11-17(30-31)21(25,26)27/h3-11H,2H2,1H3. The number of alkyl halides is 6. The van der Waals surface area contributed by atoms with Crippen LogP contribution in [0.4, 0.5) is 26.3 Å². The summed E-state index contributed by atoms with van der Waals surface area (Å²) in [6.45, 7) is 1.41. The highest BCUT2D eigenvalue weighted by Crippen LogP contribution is 2.33. The van der Waals surface area contributed by atoms with Crippen LogP contribution in [0.2, 0.25) is 0 Å². The van der Waals surface area contributed by atoms with E-state index in [0.29, 0.717) is 6.07 Å². The molecular weight excluding hydrogens is 486 g/mol. The van der Waals surface area contributed by atoms with Gasteiger partial charge in [-0.25, -0.2) is 22.9 Å². The largest absolute Gasteiger partial charge is 0.435 e. The number of aromatic nitrogens is 4. The molecule has 0 amide bonds. The Kier molecular flexibility index (Phi) is 5.62. The summed E-state index contributed by atoms with van der Waals surface area (Å²) in [5, 5.41) is 3.40. The summed E-state index contributed by atoms with van der Waals surface area (Å²) in [6.07, 6.45) is -8.05. The van der Waals surface area contributed by atoms with Crippen molar-refractivity contribution in [1.29, 1.82) is 0 Å². The maximum Gasteiger partial charge on any atom is 0.435 e. The van der Waals surface area contributed by atoms with Crippen LogP contribution < -0.4 is 0 Å². The zero-order chi connectivity index (χ0) is 24.9. The minimum Gasteiger partial charge on any atom is -0.245 e. The first-order valence-corrected chi connectivity index (χ1v) is 11.3. The van der Waals surface area contributed by atoms with E-state index in [0.717, 1.165) is 16.6 Å². The van der Waals surface area contributed by atoms with E-state index in [2.05, 4.69) is 15.1 Å². The Balaban J connectivity index is 1.87. The fourth-order valence-electron chi connectivity index (χ4n) is 3.18. The predicted octanol–water partition coefficient (Wildman–Crippen LogP) is 5.29. The van der Waals surface area contributed by atoms with E-state index >= 15 is 0 Å². The van der Waals surface area contributed by atoms with Crippen molar-refractivity contribution >= 4 is 15.5 Å². The number of nitrogens with zero attached hydrogens (tertiary/aromatic N) is 4. The lowest BCUT2D eigenvalue weighted by Crippen LogP contribution is -2.08. The molecule has 0 N–H and O–H groups in total. The van der Waals surface area contributed by atoms with Gasteiger partial charge in [-0.2, -0.15) is 31.4 Å². The van der Waals surface area contributed by atoms with E-state index in [4.69, 9.17) is 0 Å². The van der Waals surface area contributed by atoms with Gasteiger partial charge in [0.15, 0.2) is 21.2 Å². The molecule has 0 spiro atoms. The Morgan fingerprint density at radius 2 is 1.53 bits per heavy atom. The monoisotopic (exact) mass is 500 g/mol. The van der Waals surface area contributed by atoms with Gasteiger partial charge in [-0.3, -0.25) is 0 Å². The van der Waals surface area contributed by atoms with Gasteiger partial charge in [-0.05, 0) is 30.3 Å². The molecule has 4 rings (SSSR count). The molecule has 0 aliphatic carbocycles. The smallest absolute Gasteiger partial charge is 0.245 e. The first-order valence-electron chi connectivity index (χ1n) is 9.65. The van der Waals surface area contributed by atoms with Crippen LogP contribution in [0.15, 0.2) is 59.6 Å². The molecule has 0 unspecified atom stereocenters. The molecule has 0 atom stereocenters. The summed E-state index contributed by atoms with van der Waals surface area (Å²) < 4.78 is 104. The topological polar surface area (TPSA) is 77.2 Å². The maximum atomic E-state index is 13.0. The molecule has 0 fully saturated rings. The van der Waals surface area contributed by atoms with Gasteiger partial charge in [0.05, 0.1) is 27.6 Å². The van der Waals surface area contributed by atoms with Gasteiger partial charge < -0.3 is 0 Å². The first-order chi connectivity index (χ1) is 15.8. The van der Waals surface area contributed by atoms with Crippen molar-refractivity contribution in [3.8, 4) is 22.6 Å². The molecule has 13 heteroatoms. The molecule has 34 heavy (non-hydrogen) atoms. The molecule has 0 saturated carbocycles. The molecule has 0 bridgehead atoms. The van der Waals surface area contributed by atoms with Crippen molar-refractivity contribution in [2.24, 2.45) is 0 Å². The van der Waals surface area contributed by atoms with Gasteiger partial charge in [-0.1, -0.05) is 19.1 Å². The number of fused-ring (bicyclic) bond motifs is 1. The quantitative estimate of drug-likeness (QED) is 0.356.